The standard InChI is InChI=1S/C15H25NO/c1-12(2)9-10-16-11-14(4)17-15-8-6-5-7-13(15)3/h5-8,12,14,16H,9-11H2,1-4H3. The van der Waals surface area contributed by atoms with Crippen LogP contribution < -0.4 is 10.1 Å². The van der Waals surface area contributed by atoms with Crippen LogP contribution in [0.5, 0.6) is 5.75 Å². The highest BCUT2D eigenvalue weighted by atomic mass is 16.5. The number of hydrogen-bond donors (Lipinski definition) is 1. The Morgan fingerprint density at radius 3 is 2.53 bits per heavy atom. The van der Waals surface area contributed by atoms with E-state index in [1.54, 1.807) is 0 Å². The molecule has 1 rings (SSSR count). The van der Waals surface area contributed by atoms with Gasteiger partial charge in [0, 0.05) is 6.54 Å². The van der Waals surface area contributed by atoms with E-state index in [0.29, 0.717) is 0 Å². The first-order valence-electron chi connectivity index (χ1n) is 6.52. The van der Waals surface area contributed by atoms with Gasteiger partial charge in [-0.15, -0.1) is 0 Å². The van der Waals surface area contributed by atoms with E-state index < -0.39 is 0 Å². The van der Waals surface area contributed by atoms with Crippen LogP contribution in [0.25, 0.3) is 0 Å². The summed E-state index contributed by atoms with van der Waals surface area (Å²) >= 11 is 0. The van der Waals surface area contributed by atoms with E-state index in [1.807, 2.05) is 18.2 Å². The Morgan fingerprint density at radius 2 is 1.88 bits per heavy atom. The number of para-hydroxylation sites is 1. The van der Waals surface area contributed by atoms with E-state index in [9.17, 15) is 0 Å². The Kier molecular flexibility index (Phi) is 6.06. The first kappa shape index (κ1) is 14.0. The average Bonchev–Trinajstić information content (AvgIpc) is 2.27. The van der Waals surface area contributed by atoms with Crippen LogP contribution >= 0.6 is 0 Å². The molecule has 2 nitrogen and oxygen atoms in total. The summed E-state index contributed by atoms with van der Waals surface area (Å²) in [6.07, 6.45) is 1.43. The molecule has 1 unspecified atom stereocenters. The predicted octanol–water partition coefficient (Wildman–Crippen LogP) is 3.40. The van der Waals surface area contributed by atoms with E-state index in [4.69, 9.17) is 4.74 Å². The quantitative estimate of drug-likeness (QED) is 0.731. The van der Waals surface area contributed by atoms with Crippen molar-refractivity contribution in [2.24, 2.45) is 5.92 Å². The Bertz CT molecular complexity index is 322. The molecule has 0 saturated carbocycles. The lowest BCUT2D eigenvalue weighted by Crippen LogP contribution is -2.30. The third-order valence-electron chi connectivity index (χ3n) is 2.75. The average molecular weight is 235 g/mol. The van der Waals surface area contributed by atoms with Crippen LogP contribution in [0.15, 0.2) is 24.3 Å². The molecule has 2 heteroatoms. The summed E-state index contributed by atoms with van der Waals surface area (Å²) in [5.74, 6) is 1.75. The van der Waals surface area contributed by atoms with Crippen molar-refractivity contribution < 1.29 is 4.74 Å². The maximum atomic E-state index is 5.89. The molecule has 0 radical (unpaired) electrons. The van der Waals surface area contributed by atoms with Crippen molar-refractivity contribution in [3.05, 3.63) is 29.8 Å². The van der Waals surface area contributed by atoms with Gasteiger partial charge in [-0.1, -0.05) is 32.0 Å². The zero-order valence-corrected chi connectivity index (χ0v) is 11.5. The third-order valence-corrected chi connectivity index (χ3v) is 2.75. The molecule has 0 aliphatic heterocycles. The van der Waals surface area contributed by atoms with Crippen LogP contribution in [0, 0.1) is 12.8 Å². The highest BCUT2D eigenvalue weighted by Crippen LogP contribution is 2.17. The van der Waals surface area contributed by atoms with Crippen LogP contribution in [-0.2, 0) is 0 Å². The monoisotopic (exact) mass is 235 g/mol. The number of rotatable bonds is 7. The lowest BCUT2D eigenvalue weighted by Gasteiger charge is -2.17. The summed E-state index contributed by atoms with van der Waals surface area (Å²) in [6, 6.07) is 8.16. The second-order valence-corrected chi connectivity index (χ2v) is 5.08. The minimum atomic E-state index is 0.211. The summed E-state index contributed by atoms with van der Waals surface area (Å²) in [4.78, 5) is 0. The molecule has 0 aliphatic rings. The van der Waals surface area contributed by atoms with E-state index in [2.05, 4.69) is 39.1 Å². The lowest BCUT2D eigenvalue weighted by atomic mass is 10.1. The molecule has 0 aliphatic carbocycles. The summed E-state index contributed by atoms with van der Waals surface area (Å²) in [5.41, 5.74) is 1.20. The summed E-state index contributed by atoms with van der Waals surface area (Å²) < 4.78 is 5.89. The second kappa shape index (κ2) is 7.33. The Labute approximate surface area is 105 Å². The van der Waals surface area contributed by atoms with Gasteiger partial charge < -0.3 is 10.1 Å². The molecule has 0 aromatic heterocycles. The fraction of sp³-hybridized carbons (Fsp3) is 0.600. The molecule has 1 atom stereocenters. The molecule has 17 heavy (non-hydrogen) atoms. The second-order valence-electron chi connectivity index (χ2n) is 5.08. The fourth-order valence-electron chi connectivity index (χ4n) is 1.64. The molecular weight excluding hydrogens is 210 g/mol. The molecule has 0 fully saturated rings. The number of aryl methyl sites for hydroxylation is 1. The van der Waals surface area contributed by atoms with Gasteiger partial charge in [0.1, 0.15) is 11.9 Å². The molecule has 0 spiro atoms. The van der Waals surface area contributed by atoms with Gasteiger partial charge in [0.15, 0.2) is 0 Å². The number of benzene rings is 1. The highest BCUT2D eigenvalue weighted by Gasteiger charge is 2.05. The fourth-order valence-corrected chi connectivity index (χ4v) is 1.64. The lowest BCUT2D eigenvalue weighted by molar-refractivity contribution is 0.215. The van der Waals surface area contributed by atoms with Crippen LogP contribution in [0.2, 0.25) is 0 Å². The zero-order valence-electron chi connectivity index (χ0n) is 11.5. The number of hydrogen-bond acceptors (Lipinski definition) is 2. The summed E-state index contributed by atoms with van der Waals surface area (Å²) in [7, 11) is 0. The van der Waals surface area contributed by atoms with Gasteiger partial charge >= 0.3 is 0 Å². The maximum absolute atomic E-state index is 5.89. The van der Waals surface area contributed by atoms with Crippen molar-refractivity contribution in [1.82, 2.24) is 5.32 Å². The highest BCUT2D eigenvalue weighted by molar-refractivity contribution is 5.31. The smallest absolute Gasteiger partial charge is 0.122 e. The summed E-state index contributed by atoms with van der Waals surface area (Å²) in [6.45, 7) is 10.6. The van der Waals surface area contributed by atoms with E-state index in [1.165, 1.54) is 12.0 Å². The van der Waals surface area contributed by atoms with Crippen molar-refractivity contribution in [3.8, 4) is 5.75 Å². The maximum Gasteiger partial charge on any atom is 0.122 e. The van der Waals surface area contributed by atoms with Gasteiger partial charge in [-0.05, 0) is 44.4 Å². The first-order chi connectivity index (χ1) is 8.09. The minimum absolute atomic E-state index is 0.211. The molecule has 1 aromatic carbocycles. The van der Waals surface area contributed by atoms with Crippen molar-refractivity contribution >= 4 is 0 Å². The van der Waals surface area contributed by atoms with Gasteiger partial charge in [0.05, 0.1) is 0 Å². The van der Waals surface area contributed by atoms with Gasteiger partial charge in [0.2, 0.25) is 0 Å². The molecular formula is C15H25NO. The van der Waals surface area contributed by atoms with E-state index in [-0.39, 0.29) is 6.10 Å². The number of ether oxygens (including phenoxy) is 1. The first-order valence-corrected chi connectivity index (χ1v) is 6.52. The molecule has 96 valence electrons. The van der Waals surface area contributed by atoms with Crippen molar-refractivity contribution in [1.29, 1.82) is 0 Å². The Morgan fingerprint density at radius 1 is 1.18 bits per heavy atom. The Hall–Kier alpha value is -1.02. The topological polar surface area (TPSA) is 21.3 Å². The van der Waals surface area contributed by atoms with Crippen molar-refractivity contribution in [2.45, 2.75) is 40.2 Å². The zero-order chi connectivity index (χ0) is 12.7. The van der Waals surface area contributed by atoms with Crippen molar-refractivity contribution in [2.75, 3.05) is 13.1 Å². The van der Waals surface area contributed by atoms with Gasteiger partial charge in [-0.3, -0.25) is 0 Å². The van der Waals surface area contributed by atoms with Gasteiger partial charge in [0.25, 0.3) is 0 Å². The molecule has 0 saturated heterocycles. The number of nitrogens with one attached hydrogen (secondary N) is 1. The van der Waals surface area contributed by atoms with Crippen LogP contribution in [0.4, 0.5) is 0 Å². The van der Waals surface area contributed by atoms with Crippen LogP contribution in [0.1, 0.15) is 32.8 Å². The molecule has 1 aromatic rings. The normalized spacial score (nSPS) is 12.8. The molecule has 0 heterocycles. The predicted molar refractivity (Wildman–Crippen MR) is 73.6 cm³/mol. The van der Waals surface area contributed by atoms with Gasteiger partial charge in [-0.25, -0.2) is 0 Å². The van der Waals surface area contributed by atoms with Gasteiger partial charge in [-0.2, -0.15) is 0 Å². The third kappa shape index (κ3) is 5.73. The van der Waals surface area contributed by atoms with Crippen molar-refractivity contribution in [3.63, 3.8) is 0 Å². The molecule has 1 N–H and O–H groups in total. The Balaban J connectivity index is 2.25. The SMILES string of the molecule is Cc1ccccc1OC(C)CNCCC(C)C. The van der Waals surface area contributed by atoms with Crippen LogP contribution in [-0.4, -0.2) is 19.2 Å². The molecule has 0 amide bonds. The largest absolute Gasteiger partial charge is 0.489 e. The van der Waals surface area contributed by atoms with E-state index >= 15 is 0 Å². The van der Waals surface area contributed by atoms with Crippen LogP contribution in [0.3, 0.4) is 0 Å². The molecule has 0 bridgehead atoms. The van der Waals surface area contributed by atoms with E-state index in [0.717, 1.165) is 24.8 Å². The minimum Gasteiger partial charge on any atom is -0.489 e. The summed E-state index contributed by atoms with van der Waals surface area (Å²) in [5, 5.41) is 3.43.